The fourth-order valence-corrected chi connectivity index (χ4v) is 4.65. The third-order valence-electron chi connectivity index (χ3n) is 3.50. The van der Waals surface area contributed by atoms with E-state index in [0.29, 0.717) is 6.42 Å². The first-order valence-electron chi connectivity index (χ1n) is 5.91. The zero-order valence-electron chi connectivity index (χ0n) is 10.6. The predicted molar refractivity (Wildman–Crippen MR) is 70.6 cm³/mol. The molecule has 1 aliphatic rings. The summed E-state index contributed by atoms with van der Waals surface area (Å²) < 4.78 is 39.0. The number of sulfonamides is 1. The normalized spacial score (nSPS) is 23.9. The van der Waals surface area contributed by atoms with E-state index in [1.807, 2.05) is 0 Å². The zero-order valence-corrected chi connectivity index (χ0v) is 12.2. The Kier molecular flexibility index (Phi) is 3.79. The summed E-state index contributed by atoms with van der Waals surface area (Å²) in [5, 5.41) is 9.01. The molecule has 0 aliphatic carbocycles. The lowest BCUT2D eigenvalue weighted by atomic mass is 10.0. The van der Waals surface area contributed by atoms with E-state index in [-0.39, 0.29) is 22.9 Å². The molecule has 8 heteroatoms. The minimum Gasteiger partial charge on any atom is -0.480 e. The van der Waals surface area contributed by atoms with Gasteiger partial charge in [-0.25, -0.2) is 12.8 Å². The van der Waals surface area contributed by atoms with Gasteiger partial charge in [0.15, 0.2) is 0 Å². The second-order valence-electron chi connectivity index (χ2n) is 4.83. The molecule has 0 bridgehead atoms. The summed E-state index contributed by atoms with van der Waals surface area (Å²) >= 11 is 5.77. The molecular weight excluding hydrogens is 309 g/mol. The minimum absolute atomic E-state index is 0.0961. The van der Waals surface area contributed by atoms with E-state index in [1.54, 1.807) is 0 Å². The summed E-state index contributed by atoms with van der Waals surface area (Å²) in [5.74, 6) is -1.87. The SMILES string of the molecule is CC1(C(=O)O)CCCN1S(=O)(=O)c1ccc(F)cc1Cl. The van der Waals surface area contributed by atoms with E-state index in [2.05, 4.69) is 0 Å². The molecule has 110 valence electrons. The van der Waals surface area contributed by atoms with Gasteiger partial charge in [0.1, 0.15) is 16.3 Å². The molecule has 0 amide bonds. The van der Waals surface area contributed by atoms with Gasteiger partial charge in [-0.2, -0.15) is 4.31 Å². The molecule has 5 nitrogen and oxygen atoms in total. The third-order valence-corrected chi connectivity index (χ3v) is 6.00. The summed E-state index contributed by atoms with van der Waals surface area (Å²) in [5.41, 5.74) is -1.50. The molecule has 1 aromatic rings. The highest BCUT2D eigenvalue weighted by molar-refractivity contribution is 7.89. The first kappa shape index (κ1) is 15.2. The number of carboxylic acid groups (broad SMARTS) is 1. The van der Waals surface area contributed by atoms with Crippen LogP contribution in [0, 0.1) is 5.82 Å². The fourth-order valence-electron chi connectivity index (χ4n) is 2.34. The Hall–Kier alpha value is -1.18. The van der Waals surface area contributed by atoms with Crippen molar-refractivity contribution in [3.8, 4) is 0 Å². The average Bonchev–Trinajstić information content (AvgIpc) is 2.73. The van der Waals surface area contributed by atoms with Gasteiger partial charge < -0.3 is 5.11 Å². The Labute approximate surface area is 121 Å². The number of benzene rings is 1. The van der Waals surface area contributed by atoms with Crippen LogP contribution in [0.2, 0.25) is 5.02 Å². The zero-order chi connectivity index (χ0) is 15.1. The summed E-state index contributed by atoms with van der Waals surface area (Å²) in [6, 6.07) is 2.92. The standard InChI is InChI=1S/C12H13ClFNO4S/c1-12(11(16)17)5-2-6-15(12)20(18,19)10-4-3-8(14)7-9(10)13/h3-4,7H,2,5-6H2,1H3,(H,16,17). The quantitative estimate of drug-likeness (QED) is 0.925. The van der Waals surface area contributed by atoms with Crippen molar-refractivity contribution in [1.82, 2.24) is 4.31 Å². The van der Waals surface area contributed by atoms with Gasteiger partial charge in [0.05, 0.1) is 5.02 Å². The van der Waals surface area contributed by atoms with Crippen molar-refractivity contribution < 1.29 is 22.7 Å². The fraction of sp³-hybridized carbons (Fsp3) is 0.417. The van der Waals surface area contributed by atoms with Gasteiger partial charge in [-0.1, -0.05) is 11.6 Å². The highest BCUT2D eigenvalue weighted by Crippen LogP contribution is 2.36. The molecule has 1 saturated heterocycles. The first-order chi connectivity index (χ1) is 9.19. The van der Waals surface area contributed by atoms with E-state index < -0.39 is 27.3 Å². The Morgan fingerprint density at radius 3 is 2.70 bits per heavy atom. The lowest BCUT2D eigenvalue weighted by Gasteiger charge is -2.30. The molecule has 1 unspecified atom stereocenters. The first-order valence-corrected chi connectivity index (χ1v) is 7.73. The van der Waals surface area contributed by atoms with E-state index in [9.17, 15) is 22.7 Å². The molecular formula is C12H13ClFNO4S. The molecule has 20 heavy (non-hydrogen) atoms. The van der Waals surface area contributed by atoms with Crippen molar-refractivity contribution in [3.63, 3.8) is 0 Å². The van der Waals surface area contributed by atoms with Gasteiger partial charge in [-0.3, -0.25) is 4.79 Å². The molecule has 2 rings (SSSR count). The number of halogens is 2. The molecule has 1 aromatic carbocycles. The molecule has 1 atom stereocenters. The van der Waals surface area contributed by atoms with E-state index in [0.717, 1.165) is 22.5 Å². The lowest BCUT2D eigenvalue weighted by molar-refractivity contribution is -0.146. The van der Waals surface area contributed by atoms with Crippen molar-refractivity contribution in [2.45, 2.75) is 30.2 Å². The number of aliphatic carboxylic acids is 1. The molecule has 0 radical (unpaired) electrons. The second kappa shape index (κ2) is 4.98. The molecule has 0 saturated carbocycles. The second-order valence-corrected chi connectivity index (χ2v) is 7.07. The van der Waals surface area contributed by atoms with Crippen LogP contribution < -0.4 is 0 Å². The van der Waals surface area contributed by atoms with Crippen LogP contribution in [0.1, 0.15) is 19.8 Å². The average molecular weight is 322 g/mol. The van der Waals surface area contributed by atoms with Crippen LogP contribution in [0.5, 0.6) is 0 Å². The van der Waals surface area contributed by atoms with Crippen LogP contribution in [0.3, 0.4) is 0 Å². The van der Waals surface area contributed by atoms with E-state index >= 15 is 0 Å². The summed E-state index contributed by atoms with van der Waals surface area (Å²) in [7, 11) is -4.08. The molecule has 1 N–H and O–H groups in total. The predicted octanol–water partition coefficient (Wildman–Crippen LogP) is 2.11. The largest absolute Gasteiger partial charge is 0.480 e. The van der Waals surface area contributed by atoms with Crippen LogP contribution in [0.15, 0.2) is 23.1 Å². The maximum atomic E-state index is 13.0. The van der Waals surface area contributed by atoms with Crippen LogP contribution in [0.25, 0.3) is 0 Å². The van der Waals surface area contributed by atoms with E-state index in [1.165, 1.54) is 6.92 Å². The van der Waals surface area contributed by atoms with Crippen molar-refractivity contribution in [2.24, 2.45) is 0 Å². The van der Waals surface area contributed by atoms with Crippen molar-refractivity contribution in [3.05, 3.63) is 29.0 Å². The molecule has 1 fully saturated rings. The molecule has 0 spiro atoms. The Balaban J connectivity index is 2.53. The lowest BCUT2D eigenvalue weighted by Crippen LogP contribution is -2.50. The Morgan fingerprint density at radius 1 is 1.50 bits per heavy atom. The number of nitrogens with zero attached hydrogens (tertiary/aromatic N) is 1. The minimum atomic E-state index is -4.08. The Morgan fingerprint density at radius 2 is 2.15 bits per heavy atom. The van der Waals surface area contributed by atoms with Gasteiger partial charge >= 0.3 is 5.97 Å². The summed E-state index contributed by atoms with van der Waals surface area (Å²) in [4.78, 5) is 11.1. The number of hydrogen-bond donors (Lipinski definition) is 1. The van der Waals surface area contributed by atoms with Gasteiger partial charge in [0.2, 0.25) is 10.0 Å². The van der Waals surface area contributed by atoms with Crippen LogP contribution in [-0.4, -0.2) is 35.9 Å². The molecule has 1 aliphatic heterocycles. The van der Waals surface area contributed by atoms with Gasteiger partial charge in [-0.15, -0.1) is 0 Å². The van der Waals surface area contributed by atoms with Gasteiger partial charge in [0.25, 0.3) is 0 Å². The van der Waals surface area contributed by atoms with E-state index in [4.69, 9.17) is 11.6 Å². The summed E-state index contributed by atoms with van der Waals surface area (Å²) in [6.07, 6.45) is 0.668. The topological polar surface area (TPSA) is 74.7 Å². The van der Waals surface area contributed by atoms with Gasteiger partial charge in [-0.05, 0) is 38.0 Å². The maximum Gasteiger partial charge on any atom is 0.324 e. The molecule has 1 heterocycles. The highest BCUT2D eigenvalue weighted by atomic mass is 35.5. The van der Waals surface area contributed by atoms with Gasteiger partial charge in [0, 0.05) is 6.54 Å². The summed E-state index contributed by atoms with van der Waals surface area (Å²) in [6.45, 7) is 1.45. The van der Waals surface area contributed by atoms with Crippen molar-refractivity contribution >= 4 is 27.6 Å². The number of carboxylic acids is 1. The van der Waals surface area contributed by atoms with Crippen molar-refractivity contribution in [1.29, 1.82) is 0 Å². The monoisotopic (exact) mass is 321 g/mol. The molecule has 0 aromatic heterocycles. The van der Waals surface area contributed by atoms with Crippen LogP contribution >= 0.6 is 11.6 Å². The number of hydrogen-bond acceptors (Lipinski definition) is 3. The van der Waals surface area contributed by atoms with Crippen LogP contribution in [0.4, 0.5) is 4.39 Å². The smallest absolute Gasteiger partial charge is 0.324 e. The number of rotatable bonds is 3. The third kappa shape index (κ3) is 2.30. The highest BCUT2D eigenvalue weighted by Gasteiger charge is 2.50. The van der Waals surface area contributed by atoms with Crippen LogP contribution in [-0.2, 0) is 14.8 Å². The van der Waals surface area contributed by atoms with Crippen molar-refractivity contribution in [2.75, 3.05) is 6.54 Å². The Bertz CT molecular complexity index is 663. The maximum absolute atomic E-state index is 13.0. The number of carbonyl (C=O) groups is 1.